The minimum atomic E-state index is -3.78. The summed E-state index contributed by atoms with van der Waals surface area (Å²) in [6.07, 6.45) is 0. The van der Waals surface area contributed by atoms with Crippen molar-refractivity contribution >= 4 is 33.1 Å². The van der Waals surface area contributed by atoms with Gasteiger partial charge in [0.25, 0.3) is 5.91 Å². The molecule has 1 aliphatic rings. The number of benzene rings is 2. The maximum absolute atomic E-state index is 11.4. The van der Waals surface area contributed by atoms with E-state index in [0.717, 1.165) is 5.56 Å². The number of nitrogens with zero attached hydrogens (tertiary/aromatic N) is 2. The lowest BCUT2D eigenvalue weighted by Crippen LogP contribution is -2.37. The molecular formula is C16H16ClN3O4S. The summed E-state index contributed by atoms with van der Waals surface area (Å²) >= 11 is 5.92. The maximum Gasteiger partial charge on any atom is 0.287 e. The van der Waals surface area contributed by atoms with Gasteiger partial charge >= 0.3 is 0 Å². The van der Waals surface area contributed by atoms with Crippen molar-refractivity contribution in [3.05, 3.63) is 59.1 Å². The standard InChI is InChI=1S/C16H16ClN3O4S/c1-24-16(21)10-20(13-6-8-14(9-7-13)25(18,22)23)15(19-16)11-2-4-12(17)5-3-11/h2-9,21H,10H2,1H3,(H2,18,22,23). The van der Waals surface area contributed by atoms with Crippen molar-refractivity contribution in [2.75, 3.05) is 18.6 Å². The average molecular weight is 382 g/mol. The van der Waals surface area contributed by atoms with Crippen molar-refractivity contribution in [2.45, 2.75) is 10.8 Å². The van der Waals surface area contributed by atoms with Gasteiger partial charge in [0.05, 0.1) is 4.90 Å². The molecule has 3 rings (SSSR count). The second-order valence-electron chi connectivity index (χ2n) is 5.51. The number of nitrogens with two attached hydrogens (primary N) is 1. The number of amidine groups is 1. The largest absolute Gasteiger partial charge is 0.346 e. The Hall–Kier alpha value is -1.97. The molecule has 7 nitrogen and oxygen atoms in total. The molecule has 0 radical (unpaired) electrons. The topological polar surface area (TPSA) is 105 Å². The van der Waals surface area contributed by atoms with Crippen LogP contribution in [0.5, 0.6) is 0 Å². The van der Waals surface area contributed by atoms with E-state index in [2.05, 4.69) is 4.99 Å². The van der Waals surface area contributed by atoms with Gasteiger partial charge in [-0.1, -0.05) is 11.6 Å². The monoisotopic (exact) mass is 381 g/mol. The highest BCUT2D eigenvalue weighted by atomic mass is 35.5. The SMILES string of the molecule is COC1(O)CN(c2ccc(S(N)(=O)=O)cc2)C(c2ccc(Cl)cc2)=N1. The van der Waals surface area contributed by atoms with E-state index in [0.29, 0.717) is 16.5 Å². The minimum absolute atomic E-state index is 0.00225. The minimum Gasteiger partial charge on any atom is -0.346 e. The Morgan fingerprint density at radius 2 is 1.80 bits per heavy atom. The van der Waals surface area contributed by atoms with E-state index in [4.69, 9.17) is 21.5 Å². The van der Waals surface area contributed by atoms with Crippen LogP contribution in [-0.4, -0.2) is 38.9 Å². The van der Waals surface area contributed by atoms with Crippen LogP contribution in [-0.2, 0) is 14.8 Å². The molecule has 0 fully saturated rings. The number of primary sulfonamides is 1. The zero-order valence-electron chi connectivity index (χ0n) is 13.3. The number of methoxy groups -OCH3 is 1. The van der Waals surface area contributed by atoms with Crippen molar-refractivity contribution in [3.8, 4) is 0 Å². The third kappa shape index (κ3) is 3.68. The summed E-state index contributed by atoms with van der Waals surface area (Å²) in [6.45, 7) is 0.0518. The van der Waals surface area contributed by atoms with Crippen LogP contribution in [0.1, 0.15) is 5.56 Å². The normalized spacial score (nSPS) is 20.6. The van der Waals surface area contributed by atoms with Crippen LogP contribution in [0.2, 0.25) is 5.02 Å². The highest BCUT2D eigenvalue weighted by molar-refractivity contribution is 7.89. The van der Waals surface area contributed by atoms with Crippen LogP contribution in [0.25, 0.3) is 0 Å². The number of ether oxygens (including phenoxy) is 1. The predicted molar refractivity (Wildman–Crippen MR) is 95.1 cm³/mol. The van der Waals surface area contributed by atoms with E-state index < -0.39 is 15.9 Å². The second kappa shape index (κ2) is 6.40. The van der Waals surface area contributed by atoms with Crippen LogP contribution >= 0.6 is 11.6 Å². The molecule has 0 bridgehead atoms. The summed E-state index contributed by atoms with van der Waals surface area (Å²) in [5.74, 6) is -1.22. The molecular weight excluding hydrogens is 366 g/mol. The molecule has 1 atom stereocenters. The number of hydrogen-bond acceptors (Lipinski definition) is 6. The molecule has 2 aromatic rings. The lowest BCUT2D eigenvalue weighted by atomic mass is 10.2. The summed E-state index contributed by atoms with van der Waals surface area (Å²) in [7, 11) is -2.42. The van der Waals surface area contributed by atoms with Crippen LogP contribution in [0, 0.1) is 0 Å². The molecule has 25 heavy (non-hydrogen) atoms. The molecule has 2 aromatic carbocycles. The molecule has 9 heteroatoms. The van der Waals surface area contributed by atoms with Crippen molar-refractivity contribution < 1.29 is 18.3 Å². The van der Waals surface area contributed by atoms with Crippen LogP contribution in [0.4, 0.5) is 5.69 Å². The number of sulfonamides is 1. The van der Waals surface area contributed by atoms with Gasteiger partial charge in [-0.05, 0) is 48.5 Å². The first-order valence-corrected chi connectivity index (χ1v) is 9.18. The number of halogens is 1. The predicted octanol–water partition coefficient (Wildman–Crippen LogP) is 1.55. The molecule has 1 aliphatic heterocycles. The lowest BCUT2D eigenvalue weighted by molar-refractivity contribution is -0.163. The molecule has 1 heterocycles. The first-order chi connectivity index (χ1) is 11.7. The average Bonchev–Trinajstić information content (AvgIpc) is 2.94. The summed E-state index contributed by atoms with van der Waals surface area (Å²) in [5, 5.41) is 16.1. The van der Waals surface area contributed by atoms with E-state index >= 15 is 0 Å². The third-order valence-electron chi connectivity index (χ3n) is 3.81. The number of anilines is 1. The zero-order valence-corrected chi connectivity index (χ0v) is 14.8. The zero-order chi connectivity index (χ0) is 18.2. The summed E-state index contributed by atoms with van der Waals surface area (Å²) < 4.78 is 27.9. The molecule has 3 N–H and O–H groups in total. The number of β-amino-alcohol motifs (C(OH)–C–C–N with tert-alkyl or cyclic N) is 1. The Morgan fingerprint density at radius 3 is 2.32 bits per heavy atom. The Balaban J connectivity index is 2.02. The molecule has 0 aliphatic carbocycles. The van der Waals surface area contributed by atoms with Gasteiger partial charge in [0.15, 0.2) is 0 Å². The van der Waals surface area contributed by atoms with E-state index in [1.54, 1.807) is 41.3 Å². The smallest absolute Gasteiger partial charge is 0.287 e. The lowest BCUT2D eigenvalue weighted by Gasteiger charge is -2.23. The molecule has 0 amide bonds. The van der Waals surface area contributed by atoms with E-state index in [-0.39, 0.29) is 11.4 Å². The quantitative estimate of drug-likeness (QED) is 0.781. The summed E-state index contributed by atoms with van der Waals surface area (Å²) in [6, 6.07) is 12.9. The maximum atomic E-state index is 11.4. The molecule has 1 unspecified atom stereocenters. The van der Waals surface area contributed by atoms with Crippen LogP contribution in [0.15, 0.2) is 58.4 Å². The molecule has 0 saturated heterocycles. The molecule has 0 spiro atoms. The highest BCUT2D eigenvalue weighted by Crippen LogP contribution is 2.29. The van der Waals surface area contributed by atoms with Crippen molar-refractivity contribution in [1.82, 2.24) is 0 Å². The van der Waals surface area contributed by atoms with Crippen LogP contribution < -0.4 is 10.0 Å². The van der Waals surface area contributed by atoms with E-state index in [1.165, 1.54) is 19.2 Å². The number of aliphatic imine (C=N–C) groups is 1. The number of aliphatic hydroxyl groups is 1. The van der Waals surface area contributed by atoms with Gasteiger partial charge in [0.1, 0.15) is 12.4 Å². The number of hydrogen-bond donors (Lipinski definition) is 2. The Morgan fingerprint density at radius 1 is 1.20 bits per heavy atom. The summed E-state index contributed by atoms with van der Waals surface area (Å²) in [5.41, 5.74) is 1.36. The fraction of sp³-hybridized carbons (Fsp3) is 0.188. The van der Waals surface area contributed by atoms with Crippen molar-refractivity contribution in [3.63, 3.8) is 0 Å². The van der Waals surface area contributed by atoms with Crippen molar-refractivity contribution in [1.29, 1.82) is 0 Å². The Bertz CT molecular complexity index is 913. The van der Waals surface area contributed by atoms with Gasteiger partial charge in [-0.2, -0.15) is 0 Å². The Kier molecular flexibility index (Phi) is 4.56. The summed E-state index contributed by atoms with van der Waals surface area (Å²) in [4.78, 5) is 5.98. The fourth-order valence-corrected chi connectivity index (χ4v) is 3.14. The third-order valence-corrected chi connectivity index (χ3v) is 4.99. The fourth-order valence-electron chi connectivity index (χ4n) is 2.50. The Labute approximate surface area is 150 Å². The molecule has 132 valence electrons. The van der Waals surface area contributed by atoms with Gasteiger partial charge in [-0.15, -0.1) is 0 Å². The molecule has 0 saturated carbocycles. The van der Waals surface area contributed by atoms with Crippen LogP contribution in [0.3, 0.4) is 0 Å². The van der Waals surface area contributed by atoms with Gasteiger partial charge in [0.2, 0.25) is 10.0 Å². The molecule has 0 aromatic heterocycles. The first-order valence-electron chi connectivity index (χ1n) is 7.26. The first kappa shape index (κ1) is 17.8. The van der Waals surface area contributed by atoms with E-state index in [1.807, 2.05) is 0 Å². The van der Waals surface area contributed by atoms with Gasteiger partial charge < -0.3 is 14.7 Å². The van der Waals surface area contributed by atoms with Gasteiger partial charge in [-0.3, -0.25) is 0 Å². The van der Waals surface area contributed by atoms with E-state index in [9.17, 15) is 13.5 Å². The highest BCUT2D eigenvalue weighted by Gasteiger charge is 2.39. The van der Waals surface area contributed by atoms with Gasteiger partial charge in [-0.25, -0.2) is 18.5 Å². The second-order valence-corrected chi connectivity index (χ2v) is 7.51. The number of rotatable bonds is 4. The van der Waals surface area contributed by atoms with Crippen molar-refractivity contribution in [2.24, 2.45) is 10.1 Å². The van der Waals surface area contributed by atoms with Gasteiger partial charge in [0, 0.05) is 23.4 Å².